The van der Waals surface area contributed by atoms with Crippen molar-refractivity contribution in [2.24, 2.45) is 0 Å². The molecule has 0 unspecified atom stereocenters. The molecule has 31 heavy (non-hydrogen) atoms. The molecule has 6 nitrogen and oxygen atoms in total. The maximum Gasteiger partial charge on any atom is 0.258 e. The Hall–Kier alpha value is -3.16. The molecule has 1 amide bonds. The van der Waals surface area contributed by atoms with Crippen LogP contribution in [0.5, 0.6) is 5.75 Å². The van der Waals surface area contributed by atoms with E-state index in [0.29, 0.717) is 24.3 Å². The van der Waals surface area contributed by atoms with Crippen LogP contribution in [0.1, 0.15) is 27.0 Å². The number of para-hydroxylation sites is 1. The van der Waals surface area contributed by atoms with Crippen molar-refractivity contribution in [2.45, 2.75) is 24.8 Å². The number of methoxy groups -OCH3 is 1. The van der Waals surface area contributed by atoms with Gasteiger partial charge in [-0.3, -0.25) is 4.79 Å². The van der Waals surface area contributed by atoms with Crippen LogP contribution >= 0.6 is 0 Å². The van der Waals surface area contributed by atoms with Gasteiger partial charge in [-0.25, -0.2) is 13.1 Å². The summed E-state index contributed by atoms with van der Waals surface area (Å²) < 4.78 is 33.6. The van der Waals surface area contributed by atoms with Gasteiger partial charge < -0.3 is 9.64 Å². The van der Waals surface area contributed by atoms with E-state index in [0.717, 1.165) is 22.4 Å². The molecule has 1 aliphatic rings. The highest BCUT2D eigenvalue weighted by Crippen LogP contribution is 2.31. The number of nitrogens with one attached hydrogen (secondary N) is 1. The average molecular weight is 437 g/mol. The first-order valence-corrected chi connectivity index (χ1v) is 11.5. The number of rotatable bonds is 6. The van der Waals surface area contributed by atoms with Crippen LogP contribution in [-0.4, -0.2) is 28.0 Å². The topological polar surface area (TPSA) is 75.7 Å². The fraction of sp³-hybridized carbons (Fsp3) is 0.208. The van der Waals surface area contributed by atoms with Crippen LogP contribution < -0.4 is 14.4 Å². The molecule has 3 aromatic carbocycles. The molecular formula is C24H24N2O4S. The lowest BCUT2D eigenvalue weighted by molar-refractivity contribution is 0.0989. The highest BCUT2D eigenvalue weighted by Gasteiger charge is 2.27. The van der Waals surface area contributed by atoms with Gasteiger partial charge in [0.2, 0.25) is 10.0 Å². The number of hydrogen-bond acceptors (Lipinski definition) is 4. The maximum absolute atomic E-state index is 12.9. The Bertz CT molecular complexity index is 1220. The Labute approximate surface area is 182 Å². The van der Waals surface area contributed by atoms with Crippen molar-refractivity contribution in [3.05, 3.63) is 89.0 Å². The highest BCUT2D eigenvalue weighted by atomic mass is 32.2. The minimum atomic E-state index is -3.71. The van der Waals surface area contributed by atoms with Crippen molar-refractivity contribution in [3.8, 4) is 5.75 Å². The second-order valence-corrected chi connectivity index (χ2v) is 9.27. The van der Waals surface area contributed by atoms with Crippen molar-refractivity contribution in [1.82, 2.24) is 4.72 Å². The lowest BCUT2D eigenvalue weighted by Gasteiger charge is -2.18. The Morgan fingerprint density at radius 2 is 1.81 bits per heavy atom. The van der Waals surface area contributed by atoms with Gasteiger partial charge in [0.05, 0.1) is 12.0 Å². The van der Waals surface area contributed by atoms with E-state index in [4.69, 9.17) is 4.74 Å². The SMILES string of the molecule is COc1ccccc1CNS(=O)(=O)c1ccc2c(c1)CCN2C(=O)c1ccc(C)cc1. The normalized spacial score (nSPS) is 13.2. The summed E-state index contributed by atoms with van der Waals surface area (Å²) >= 11 is 0. The average Bonchev–Trinajstić information content (AvgIpc) is 3.21. The number of sulfonamides is 1. The number of aryl methyl sites for hydroxylation is 1. The quantitative estimate of drug-likeness (QED) is 0.640. The van der Waals surface area contributed by atoms with E-state index in [9.17, 15) is 13.2 Å². The van der Waals surface area contributed by atoms with Gasteiger partial charge in [0.15, 0.2) is 0 Å². The number of nitrogens with zero attached hydrogens (tertiary/aromatic N) is 1. The zero-order chi connectivity index (χ0) is 22.0. The molecule has 0 atom stereocenters. The summed E-state index contributed by atoms with van der Waals surface area (Å²) in [5, 5.41) is 0. The van der Waals surface area contributed by atoms with Crippen molar-refractivity contribution >= 4 is 21.6 Å². The molecule has 4 rings (SSSR count). The van der Waals surface area contributed by atoms with Gasteiger partial charge in [0.1, 0.15) is 5.75 Å². The lowest BCUT2D eigenvalue weighted by Crippen LogP contribution is -2.28. The third kappa shape index (κ3) is 4.33. The third-order valence-electron chi connectivity index (χ3n) is 5.45. The van der Waals surface area contributed by atoms with Crippen LogP contribution in [0, 0.1) is 6.92 Å². The minimum absolute atomic E-state index is 0.0799. The molecule has 0 bridgehead atoms. The summed E-state index contributed by atoms with van der Waals surface area (Å²) in [6, 6.07) is 19.6. The van der Waals surface area contributed by atoms with E-state index < -0.39 is 10.0 Å². The number of carbonyl (C=O) groups excluding carboxylic acids is 1. The number of anilines is 1. The number of carbonyl (C=O) groups is 1. The summed E-state index contributed by atoms with van der Waals surface area (Å²) in [5.41, 5.74) is 4.07. The second kappa shape index (κ2) is 8.53. The van der Waals surface area contributed by atoms with E-state index in [1.54, 1.807) is 36.3 Å². The highest BCUT2D eigenvalue weighted by molar-refractivity contribution is 7.89. The summed E-state index contributed by atoms with van der Waals surface area (Å²) in [6.45, 7) is 2.63. The first-order chi connectivity index (χ1) is 14.9. The first-order valence-electron chi connectivity index (χ1n) is 10.0. The number of benzene rings is 3. The molecule has 0 fully saturated rings. The Morgan fingerprint density at radius 3 is 2.55 bits per heavy atom. The van der Waals surface area contributed by atoms with E-state index in [1.807, 2.05) is 49.4 Å². The summed E-state index contributed by atoms with van der Waals surface area (Å²) in [4.78, 5) is 14.8. The second-order valence-electron chi connectivity index (χ2n) is 7.50. The molecule has 0 aromatic heterocycles. The van der Waals surface area contributed by atoms with E-state index >= 15 is 0 Å². The van der Waals surface area contributed by atoms with Crippen LogP contribution in [0.15, 0.2) is 71.6 Å². The standard InChI is InChI=1S/C24H24N2O4S/c1-17-7-9-18(10-8-17)24(27)26-14-13-19-15-21(11-12-22(19)26)31(28,29)25-16-20-5-3-4-6-23(20)30-2/h3-12,15,25H,13-14,16H2,1-2H3. The summed E-state index contributed by atoms with van der Waals surface area (Å²) in [6.07, 6.45) is 0.614. The van der Waals surface area contributed by atoms with Crippen LogP contribution in [0.3, 0.4) is 0 Å². The minimum Gasteiger partial charge on any atom is -0.496 e. The van der Waals surface area contributed by atoms with Gasteiger partial charge in [-0.1, -0.05) is 35.9 Å². The Balaban J connectivity index is 1.53. The van der Waals surface area contributed by atoms with Gasteiger partial charge >= 0.3 is 0 Å². The van der Waals surface area contributed by atoms with Gasteiger partial charge in [-0.05, 0) is 55.3 Å². The van der Waals surface area contributed by atoms with Crippen LogP contribution in [0.4, 0.5) is 5.69 Å². The third-order valence-corrected chi connectivity index (χ3v) is 6.84. The molecule has 160 valence electrons. The fourth-order valence-electron chi connectivity index (χ4n) is 3.71. The van der Waals surface area contributed by atoms with Crippen molar-refractivity contribution in [2.75, 3.05) is 18.6 Å². The maximum atomic E-state index is 12.9. The Morgan fingerprint density at radius 1 is 1.06 bits per heavy atom. The van der Waals surface area contributed by atoms with Gasteiger partial charge in [-0.2, -0.15) is 0 Å². The van der Waals surface area contributed by atoms with Gasteiger partial charge in [-0.15, -0.1) is 0 Å². The van der Waals surface area contributed by atoms with Crippen molar-refractivity contribution in [1.29, 1.82) is 0 Å². The van der Waals surface area contributed by atoms with E-state index in [1.165, 1.54) is 0 Å². The molecule has 7 heteroatoms. The van der Waals surface area contributed by atoms with Crippen molar-refractivity contribution in [3.63, 3.8) is 0 Å². The zero-order valence-electron chi connectivity index (χ0n) is 17.5. The number of fused-ring (bicyclic) bond motifs is 1. The summed E-state index contributed by atoms with van der Waals surface area (Å²) in [7, 11) is -2.16. The monoisotopic (exact) mass is 436 g/mol. The van der Waals surface area contributed by atoms with Crippen LogP contribution in [0.25, 0.3) is 0 Å². The zero-order valence-corrected chi connectivity index (χ0v) is 18.3. The van der Waals surface area contributed by atoms with Crippen molar-refractivity contribution < 1.29 is 17.9 Å². The molecule has 0 aliphatic carbocycles. The molecule has 0 radical (unpaired) electrons. The largest absolute Gasteiger partial charge is 0.496 e. The van der Waals surface area contributed by atoms with Gasteiger partial charge in [0.25, 0.3) is 5.91 Å². The smallest absolute Gasteiger partial charge is 0.258 e. The molecule has 3 aromatic rings. The van der Waals surface area contributed by atoms with Crippen LogP contribution in [0.2, 0.25) is 0 Å². The van der Waals surface area contributed by atoms with E-state index in [2.05, 4.69) is 4.72 Å². The molecule has 1 N–H and O–H groups in total. The molecule has 1 heterocycles. The summed E-state index contributed by atoms with van der Waals surface area (Å²) in [5.74, 6) is 0.549. The molecule has 1 aliphatic heterocycles. The van der Waals surface area contributed by atoms with E-state index in [-0.39, 0.29) is 17.3 Å². The van der Waals surface area contributed by atoms with Gasteiger partial charge in [0, 0.05) is 29.9 Å². The molecule has 0 saturated carbocycles. The molecule has 0 saturated heterocycles. The number of amides is 1. The predicted octanol–water partition coefficient (Wildman–Crippen LogP) is 3.69. The number of hydrogen-bond donors (Lipinski definition) is 1. The molecular weight excluding hydrogens is 412 g/mol. The first kappa shape index (κ1) is 21.1. The lowest BCUT2D eigenvalue weighted by atomic mass is 10.1. The fourth-order valence-corrected chi connectivity index (χ4v) is 4.77. The predicted molar refractivity (Wildman–Crippen MR) is 120 cm³/mol. The molecule has 0 spiro atoms. The van der Waals surface area contributed by atoms with Crippen LogP contribution in [-0.2, 0) is 23.0 Å². The Kier molecular flexibility index (Phi) is 5.80. The number of ether oxygens (including phenoxy) is 1.